The molecule has 4 rings (SSSR count). The van der Waals surface area contributed by atoms with Gasteiger partial charge in [0.1, 0.15) is 16.1 Å². The minimum Gasteiger partial charge on any atom is -0.325 e. The number of amides is 1. The van der Waals surface area contributed by atoms with Gasteiger partial charge in [0.15, 0.2) is 5.82 Å². The zero-order valence-electron chi connectivity index (χ0n) is 18.1. The van der Waals surface area contributed by atoms with Crippen molar-refractivity contribution < 1.29 is 13.2 Å². The fourth-order valence-corrected chi connectivity index (χ4v) is 6.14. The molecule has 0 spiro atoms. The van der Waals surface area contributed by atoms with Gasteiger partial charge >= 0.3 is 0 Å². The lowest BCUT2D eigenvalue weighted by atomic mass is 10.0. The molecule has 3 heterocycles. The summed E-state index contributed by atoms with van der Waals surface area (Å²) in [7, 11) is -3.77. The number of rotatable bonds is 7. The quantitative estimate of drug-likeness (QED) is 0.545. The Morgan fingerprint density at radius 1 is 1.12 bits per heavy atom. The Hall–Kier alpha value is -2.56. The van der Waals surface area contributed by atoms with Crippen LogP contribution in [0.15, 0.2) is 46.0 Å². The standard InChI is InChI=1S/C22H27N5O3S2/c1-15(2)20(26-32(29,30)19-11-7-13-31-19)22(28)23-17-9-6-8-16(14-17)21-25-24-18-10-4-3-5-12-27(18)21/h6-9,11,13-15,20,26H,3-5,10,12H2,1-2H3,(H,23,28)/t20-/m0/s1. The van der Waals surface area contributed by atoms with Crippen LogP contribution in [0.3, 0.4) is 0 Å². The Morgan fingerprint density at radius 3 is 2.72 bits per heavy atom. The third-order valence-corrected chi connectivity index (χ3v) is 8.33. The molecular formula is C22H27N5O3S2. The number of hydrogen-bond acceptors (Lipinski definition) is 6. The van der Waals surface area contributed by atoms with E-state index in [-0.39, 0.29) is 10.1 Å². The van der Waals surface area contributed by atoms with Crippen LogP contribution in [0.1, 0.15) is 38.9 Å². The van der Waals surface area contributed by atoms with Crippen molar-refractivity contribution in [1.82, 2.24) is 19.5 Å². The summed E-state index contributed by atoms with van der Waals surface area (Å²) in [6.07, 6.45) is 4.31. The number of thiophene rings is 1. The molecule has 10 heteroatoms. The van der Waals surface area contributed by atoms with Crippen molar-refractivity contribution in [2.24, 2.45) is 5.92 Å². The number of nitrogens with zero attached hydrogens (tertiary/aromatic N) is 3. The highest BCUT2D eigenvalue weighted by Gasteiger charge is 2.29. The zero-order chi connectivity index (χ0) is 22.7. The number of benzene rings is 1. The predicted molar refractivity (Wildman–Crippen MR) is 125 cm³/mol. The van der Waals surface area contributed by atoms with Crippen molar-refractivity contribution in [2.75, 3.05) is 5.32 Å². The smallest absolute Gasteiger partial charge is 0.250 e. The van der Waals surface area contributed by atoms with Gasteiger partial charge in [-0.15, -0.1) is 21.5 Å². The van der Waals surface area contributed by atoms with Crippen LogP contribution in [0.2, 0.25) is 0 Å². The van der Waals surface area contributed by atoms with E-state index in [1.165, 1.54) is 12.5 Å². The number of aryl methyl sites for hydroxylation is 1. The highest BCUT2D eigenvalue weighted by molar-refractivity contribution is 7.91. The summed E-state index contributed by atoms with van der Waals surface area (Å²) in [5, 5.41) is 13.3. The topological polar surface area (TPSA) is 106 Å². The summed E-state index contributed by atoms with van der Waals surface area (Å²) >= 11 is 1.11. The summed E-state index contributed by atoms with van der Waals surface area (Å²) in [5.74, 6) is 1.14. The van der Waals surface area contributed by atoms with E-state index in [1.54, 1.807) is 17.5 Å². The van der Waals surface area contributed by atoms with Crippen LogP contribution in [0, 0.1) is 5.92 Å². The first-order valence-electron chi connectivity index (χ1n) is 10.7. The highest BCUT2D eigenvalue weighted by atomic mass is 32.2. The van der Waals surface area contributed by atoms with E-state index in [4.69, 9.17) is 0 Å². The van der Waals surface area contributed by atoms with E-state index >= 15 is 0 Å². The molecule has 8 nitrogen and oxygen atoms in total. The van der Waals surface area contributed by atoms with Gasteiger partial charge in [-0.3, -0.25) is 4.79 Å². The fraction of sp³-hybridized carbons (Fsp3) is 0.409. The molecule has 1 aliphatic heterocycles. The molecule has 2 aromatic heterocycles. The van der Waals surface area contributed by atoms with E-state index in [2.05, 4.69) is 24.8 Å². The summed E-state index contributed by atoms with van der Waals surface area (Å²) in [6, 6.07) is 9.71. The molecule has 0 saturated heterocycles. The van der Waals surface area contributed by atoms with Gasteiger partial charge in [0.25, 0.3) is 10.0 Å². The maximum Gasteiger partial charge on any atom is 0.250 e. The first-order chi connectivity index (χ1) is 15.3. The second kappa shape index (κ2) is 9.51. The summed E-state index contributed by atoms with van der Waals surface area (Å²) in [6.45, 7) is 4.50. The van der Waals surface area contributed by atoms with Crippen LogP contribution in [0.5, 0.6) is 0 Å². The maximum atomic E-state index is 13.0. The van der Waals surface area contributed by atoms with Crippen LogP contribution in [0.25, 0.3) is 11.4 Å². The number of nitrogens with one attached hydrogen (secondary N) is 2. The van der Waals surface area contributed by atoms with Crippen LogP contribution in [0.4, 0.5) is 5.69 Å². The van der Waals surface area contributed by atoms with Gasteiger partial charge in [0, 0.05) is 24.2 Å². The van der Waals surface area contributed by atoms with Gasteiger partial charge in [-0.2, -0.15) is 4.72 Å². The molecule has 1 amide bonds. The molecule has 32 heavy (non-hydrogen) atoms. The third-order valence-electron chi connectivity index (χ3n) is 5.49. The minimum atomic E-state index is -3.77. The van der Waals surface area contributed by atoms with Crippen LogP contribution in [-0.2, 0) is 27.8 Å². The molecular weight excluding hydrogens is 446 g/mol. The number of aromatic nitrogens is 3. The second-order valence-corrected chi connectivity index (χ2v) is 11.1. The van der Waals surface area contributed by atoms with Gasteiger partial charge in [-0.05, 0) is 42.3 Å². The lowest BCUT2D eigenvalue weighted by Crippen LogP contribution is -2.46. The largest absolute Gasteiger partial charge is 0.325 e. The van der Waals surface area contributed by atoms with Gasteiger partial charge in [0.05, 0.1) is 0 Å². The highest BCUT2D eigenvalue weighted by Crippen LogP contribution is 2.25. The molecule has 3 aromatic rings. The zero-order valence-corrected chi connectivity index (χ0v) is 19.7. The van der Waals surface area contributed by atoms with Crippen molar-refractivity contribution >= 4 is 33.0 Å². The van der Waals surface area contributed by atoms with E-state index < -0.39 is 22.0 Å². The lowest BCUT2D eigenvalue weighted by Gasteiger charge is -2.21. The molecule has 1 atom stereocenters. The van der Waals surface area contributed by atoms with Gasteiger partial charge in [-0.25, -0.2) is 8.42 Å². The molecule has 0 unspecified atom stereocenters. The molecule has 0 fully saturated rings. The third kappa shape index (κ3) is 4.92. The Labute approximate surface area is 192 Å². The Kier molecular flexibility index (Phi) is 6.73. The van der Waals surface area contributed by atoms with Crippen molar-refractivity contribution in [1.29, 1.82) is 0 Å². The second-order valence-electron chi connectivity index (χ2n) is 8.25. The number of fused-ring (bicyclic) bond motifs is 1. The molecule has 0 radical (unpaired) electrons. The minimum absolute atomic E-state index is 0.186. The molecule has 1 aromatic carbocycles. The molecule has 0 saturated carbocycles. The number of carbonyl (C=O) groups is 1. The van der Waals surface area contributed by atoms with Gasteiger partial charge in [0.2, 0.25) is 5.91 Å². The first kappa shape index (κ1) is 22.6. The molecule has 2 N–H and O–H groups in total. The van der Waals surface area contributed by atoms with Gasteiger partial charge in [-0.1, -0.05) is 38.5 Å². The van der Waals surface area contributed by atoms with Crippen LogP contribution < -0.4 is 10.0 Å². The lowest BCUT2D eigenvalue weighted by molar-refractivity contribution is -0.118. The van der Waals surface area contributed by atoms with Crippen molar-refractivity contribution in [3.63, 3.8) is 0 Å². The number of sulfonamides is 1. The van der Waals surface area contributed by atoms with Crippen LogP contribution >= 0.6 is 11.3 Å². The maximum absolute atomic E-state index is 13.0. The van der Waals surface area contributed by atoms with E-state index in [0.29, 0.717) is 5.69 Å². The molecule has 0 aliphatic carbocycles. The fourth-order valence-electron chi connectivity index (χ4n) is 3.79. The van der Waals surface area contributed by atoms with E-state index in [9.17, 15) is 13.2 Å². The average molecular weight is 474 g/mol. The predicted octanol–water partition coefficient (Wildman–Crippen LogP) is 3.67. The van der Waals surface area contributed by atoms with Gasteiger partial charge < -0.3 is 9.88 Å². The Bertz CT molecular complexity index is 1190. The summed E-state index contributed by atoms with van der Waals surface area (Å²) < 4.78 is 30.2. The Balaban J connectivity index is 1.54. The SMILES string of the molecule is CC(C)[C@H](NS(=O)(=O)c1cccs1)C(=O)Nc1cccc(-c2nnc3n2CCCCC3)c1. The normalized spacial score (nSPS) is 15.2. The number of carbonyl (C=O) groups excluding carboxylic acids is 1. The Morgan fingerprint density at radius 2 is 1.97 bits per heavy atom. The molecule has 0 bridgehead atoms. The summed E-state index contributed by atoms with van der Waals surface area (Å²) in [4.78, 5) is 13.0. The van der Waals surface area contributed by atoms with E-state index in [1.807, 2.05) is 32.0 Å². The molecule has 1 aliphatic rings. The monoisotopic (exact) mass is 473 g/mol. The number of anilines is 1. The van der Waals surface area contributed by atoms with Crippen molar-refractivity contribution in [3.05, 3.63) is 47.6 Å². The first-order valence-corrected chi connectivity index (χ1v) is 13.1. The average Bonchev–Trinajstić information content (AvgIpc) is 3.38. The van der Waals surface area contributed by atoms with E-state index in [0.717, 1.165) is 54.4 Å². The summed E-state index contributed by atoms with van der Waals surface area (Å²) in [5.41, 5.74) is 1.45. The number of hydrogen-bond donors (Lipinski definition) is 2. The van der Waals surface area contributed by atoms with Crippen molar-refractivity contribution in [3.8, 4) is 11.4 Å². The van der Waals surface area contributed by atoms with Crippen molar-refractivity contribution in [2.45, 2.75) is 56.3 Å². The molecule has 170 valence electrons. The van der Waals surface area contributed by atoms with Crippen LogP contribution in [-0.4, -0.2) is 35.1 Å².